The summed E-state index contributed by atoms with van der Waals surface area (Å²) in [6.45, 7) is 9.06. The van der Waals surface area contributed by atoms with Crippen LogP contribution in [0.25, 0.3) is 88.4 Å². The summed E-state index contributed by atoms with van der Waals surface area (Å²) >= 11 is 0. The van der Waals surface area contributed by atoms with E-state index in [1.165, 1.54) is 149 Å². The molecule has 3 heteroatoms. The van der Waals surface area contributed by atoms with E-state index >= 15 is 0 Å². The van der Waals surface area contributed by atoms with Gasteiger partial charge < -0.3 is 9.13 Å². The molecule has 0 unspecified atom stereocenters. The summed E-state index contributed by atoms with van der Waals surface area (Å²) in [6.07, 6.45) is 0. The van der Waals surface area contributed by atoms with Gasteiger partial charge in [0.25, 0.3) is 6.71 Å². The summed E-state index contributed by atoms with van der Waals surface area (Å²) in [5.41, 5.74) is 28.9. The molecule has 0 amide bonds. The third kappa shape index (κ3) is 3.63. The molecule has 3 aliphatic heterocycles. The molecule has 0 saturated carbocycles. The number of hydrogen-bond acceptors (Lipinski definition) is 0. The Morgan fingerprint density at radius 2 is 1.06 bits per heavy atom. The average Bonchev–Trinajstić information content (AvgIpc) is 3.94. The molecule has 9 aromatic carbocycles. The summed E-state index contributed by atoms with van der Waals surface area (Å²) in [6, 6.07) is 63.5. The fourth-order valence-electron chi connectivity index (χ4n) is 13.1. The summed E-state index contributed by atoms with van der Waals surface area (Å²) in [7, 11) is 0. The van der Waals surface area contributed by atoms with Crippen molar-refractivity contribution in [3.63, 3.8) is 0 Å². The first kappa shape index (κ1) is 33.4. The van der Waals surface area contributed by atoms with Gasteiger partial charge >= 0.3 is 0 Å². The Labute approximate surface area is 360 Å². The molecule has 2 nitrogen and oxygen atoms in total. The Hall–Kier alpha value is -7.36. The van der Waals surface area contributed by atoms with Crippen molar-refractivity contribution in [2.24, 2.45) is 0 Å². The molecule has 62 heavy (non-hydrogen) atoms. The Kier molecular flexibility index (Phi) is 5.98. The van der Waals surface area contributed by atoms with Crippen LogP contribution in [-0.4, -0.2) is 15.8 Å². The highest BCUT2D eigenvalue weighted by atomic mass is 15.1. The van der Waals surface area contributed by atoms with Crippen LogP contribution in [0.3, 0.4) is 0 Å². The van der Waals surface area contributed by atoms with Gasteiger partial charge in [-0.15, -0.1) is 0 Å². The van der Waals surface area contributed by atoms with Crippen LogP contribution >= 0.6 is 0 Å². The predicted octanol–water partition coefficient (Wildman–Crippen LogP) is 12.3. The van der Waals surface area contributed by atoms with Crippen LogP contribution in [-0.2, 0) is 5.41 Å². The molecule has 15 rings (SSSR count). The second-order valence-electron chi connectivity index (χ2n) is 18.6. The molecule has 11 aromatic rings. The van der Waals surface area contributed by atoms with Crippen molar-refractivity contribution in [3.8, 4) is 44.9 Å². The minimum atomic E-state index is -0.498. The predicted molar refractivity (Wildman–Crippen MR) is 260 cm³/mol. The number of hydrogen-bond donors (Lipinski definition) is 0. The van der Waals surface area contributed by atoms with Crippen molar-refractivity contribution in [2.45, 2.75) is 33.1 Å². The highest BCUT2D eigenvalue weighted by Crippen LogP contribution is 2.62. The minimum Gasteiger partial charge on any atom is -0.310 e. The molecule has 2 aromatic heterocycles. The van der Waals surface area contributed by atoms with Crippen molar-refractivity contribution < 1.29 is 0 Å². The molecule has 0 fully saturated rings. The first-order valence-electron chi connectivity index (χ1n) is 22.1. The van der Waals surface area contributed by atoms with E-state index in [0.29, 0.717) is 0 Å². The fourth-order valence-corrected chi connectivity index (χ4v) is 13.1. The van der Waals surface area contributed by atoms with Gasteiger partial charge in [0.15, 0.2) is 0 Å². The lowest BCUT2D eigenvalue weighted by atomic mass is 9.33. The SMILES string of the molecule is Cc1ccc(-c2c(-c3ccc(C)cc3)n3c4c(c5ccccc5cc24)B2c4c-3ccc3c4-n4c5c2ccc(C)c5c2c(C)ccc(c24)C32c3ccccc3-c3ccccc32)cc1. The third-order valence-corrected chi connectivity index (χ3v) is 15.5. The molecular weight excluding hydrogens is 747 g/mol. The van der Waals surface area contributed by atoms with Crippen molar-refractivity contribution in [1.82, 2.24) is 9.13 Å². The number of nitrogens with zero attached hydrogens (tertiary/aromatic N) is 2. The lowest BCUT2D eigenvalue weighted by molar-refractivity contribution is 0.749. The zero-order valence-electron chi connectivity index (χ0n) is 35.1. The lowest BCUT2D eigenvalue weighted by Gasteiger charge is -2.44. The average molecular weight is 787 g/mol. The van der Waals surface area contributed by atoms with Crippen LogP contribution < -0.4 is 16.4 Å². The largest absolute Gasteiger partial charge is 0.310 e. The Morgan fingerprint density at radius 3 is 1.79 bits per heavy atom. The molecule has 288 valence electrons. The Morgan fingerprint density at radius 1 is 0.452 bits per heavy atom. The maximum absolute atomic E-state index is 2.75. The molecule has 4 aliphatic rings. The van der Waals surface area contributed by atoms with E-state index in [4.69, 9.17) is 0 Å². The highest BCUT2D eigenvalue weighted by molar-refractivity contribution is 7.01. The molecule has 5 heterocycles. The number of rotatable bonds is 2. The Bertz CT molecular complexity index is 3850. The number of benzene rings is 9. The van der Waals surface area contributed by atoms with E-state index in [-0.39, 0.29) is 6.71 Å². The van der Waals surface area contributed by atoms with Gasteiger partial charge in [0.05, 0.1) is 22.1 Å². The highest BCUT2D eigenvalue weighted by Gasteiger charge is 2.54. The zero-order chi connectivity index (χ0) is 40.9. The number of aromatic nitrogens is 2. The van der Waals surface area contributed by atoms with E-state index in [0.717, 1.165) is 0 Å². The normalized spacial score (nSPS) is 14.2. The van der Waals surface area contributed by atoms with E-state index in [9.17, 15) is 0 Å². The van der Waals surface area contributed by atoms with Crippen LogP contribution in [0.5, 0.6) is 0 Å². The van der Waals surface area contributed by atoms with Crippen molar-refractivity contribution >= 4 is 66.6 Å². The monoisotopic (exact) mass is 786 g/mol. The van der Waals surface area contributed by atoms with Gasteiger partial charge in [0.2, 0.25) is 0 Å². The second kappa shape index (κ2) is 11.1. The maximum Gasteiger partial charge on any atom is 0.253 e. The summed E-state index contributed by atoms with van der Waals surface area (Å²) in [5.74, 6) is 0. The number of aryl methyl sites for hydroxylation is 4. The standard InChI is InChI=1S/C59H39BN2/c1-32-17-23-36(24-18-32)51-42-31-38-11-5-6-12-39(38)52-55(42)61(54(51)37-25-19-33(2)20-26-37)48-30-28-46-57-53(48)60(52)47-29-22-35(4)50-49-34(3)21-27-45(56(49)62(57)58(47)50)59(46)43-15-9-7-13-40(43)41-14-8-10-16-44(41)59/h5-31H,1-4H3. The zero-order valence-corrected chi connectivity index (χ0v) is 35.1. The van der Waals surface area contributed by atoms with Gasteiger partial charge in [-0.25, -0.2) is 0 Å². The van der Waals surface area contributed by atoms with Crippen LogP contribution in [0, 0.1) is 27.7 Å². The smallest absolute Gasteiger partial charge is 0.253 e. The van der Waals surface area contributed by atoms with Crippen LogP contribution in [0.2, 0.25) is 0 Å². The van der Waals surface area contributed by atoms with Gasteiger partial charge in [0, 0.05) is 38.6 Å². The quantitative estimate of drug-likeness (QED) is 0.155. The topological polar surface area (TPSA) is 9.86 Å². The first-order chi connectivity index (χ1) is 30.4. The maximum atomic E-state index is 2.75. The molecule has 1 aliphatic carbocycles. The first-order valence-corrected chi connectivity index (χ1v) is 22.1. The summed E-state index contributed by atoms with van der Waals surface area (Å²) in [5, 5.41) is 6.71. The van der Waals surface area contributed by atoms with Crippen LogP contribution in [0.15, 0.2) is 164 Å². The van der Waals surface area contributed by atoms with Gasteiger partial charge in [0.1, 0.15) is 0 Å². The molecule has 1 spiro atoms. The van der Waals surface area contributed by atoms with Crippen molar-refractivity contribution in [2.75, 3.05) is 0 Å². The molecule has 0 saturated heterocycles. The van der Waals surface area contributed by atoms with Crippen LogP contribution in [0.4, 0.5) is 0 Å². The van der Waals surface area contributed by atoms with Crippen molar-refractivity contribution in [1.29, 1.82) is 0 Å². The Balaban J connectivity index is 1.23. The van der Waals surface area contributed by atoms with E-state index in [2.05, 4.69) is 201 Å². The van der Waals surface area contributed by atoms with E-state index < -0.39 is 5.41 Å². The lowest BCUT2D eigenvalue weighted by Crippen LogP contribution is -2.60. The van der Waals surface area contributed by atoms with Gasteiger partial charge in [-0.05, 0) is 123 Å². The van der Waals surface area contributed by atoms with Gasteiger partial charge in [-0.2, -0.15) is 0 Å². The van der Waals surface area contributed by atoms with E-state index in [1.54, 1.807) is 0 Å². The summed E-state index contributed by atoms with van der Waals surface area (Å²) < 4.78 is 5.44. The number of fused-ring (bicyclic) bond motifs is 13. The van der Waals surface area contributed by atoms with Gasteiger partial charge in [-0.3, -0.25) is 0 Å². The fraction of sp³-hybridized carbons (Fsp3) is 0.0847. The molecule has 0 radical (unpaired) electrons. The third-order valence-electron chi connectivity index (χ3n) is 15.5. The molecule has 0 atom stereocenters. The molecule has 0 bridgehead atoms. The summed E-state index contributed by atoms with van der Waals surface area (Å²) in [4.78, 5) is 0. The minimum absolute atomic E-state index is 0.0124. The second-order valence-corrected chi connectivity index (χ2v) is 18.6. The van der Waals surface area contributed by atoms with E-state index in [1.807, 2.05) is 0 Å². The molecular formula is C59H39BN2. The van der Waals surface area contributed by atoms with Gasteiger partial charge in [-0.1, -0.05) is 163 Å². The molecule has 0 N–H and O–H groups in total. The van der Waals surface area contributed by atoms with Crippen LogP contribution in [0.1, 0.15) is 44.5 Å². The van der Waals surface area contributed by atoms with Crippen molar-refractivity contribution in [3.05, 3.63) is 208 Å².